The topological polar surface area (TPSA) is 115 Å². The van der Waals surface area contributed by atoms with E-state index >= 15 is 0 Å². The summed E-state index contributed by atoms with van der Waals surface area (Å²) in [5, 5.41) is 18.5. The number of nitrogens with one attached hydrogen (secondary N) is 2. The number of aliphatic carboxylic acids is 1. The standard InChI is InChI=1S/C10H16N4O4S/c1-6-9(7(2)13-12-6)19(17,18)14-4-3-11-5-8(14)10(15)16/h8,11H,3-5H2,1-2H3,(H,12,13)(H,15,16). The number of carboxylic acid groups (broad SMARTS) is 1. The van der Waals surface area contributed by atoms with E-state index in [2.05, 4.69) is 15.5 Å². The Labute approximate surface area is 110 Å². The number of hydrogen-bond acceptors (Lipinski definition) is 5. The second-order valence-electron chi connectivity index (χ2n) is 4.44. The molecule has 8 nitrogen and oxygen atoms in total. The van der Waals surface area contributed by atoms with Crippen LogP contribution in [-0.4, -0.2) is 59.7 Å². The first kappa shape index (κ1) is 14.0. The van der Waals surface area contributed by atoms with Gasteiger partial charge in [-0.25, -0.2) is 8.42 Å². The number of carboxylic acids is 1. The fourth-order valence-corrected chi connectivity index (χ4v) is 4.14. The summed E-state index contributed by atoms with van der Waals surface area (Å²) in [5.74, 6) is -1.16. The SMILES string of the molecule is Cc1n[nH]c(C)c1S(=O)(=O)N1CCNCC1C(=O)O. The minimum Gasteiger partial charge on any atom is -0.480 e. The highest BCUT2D eigenvalue weighted by Gasteiger charge is 2.39. The van der Waals surface area contributed by atoms with Crippen LogP contribution in [0.15, 0.2) is 4.90 Å². The quantitative estimate of drug-likeness (QED) is 0.662. The highest BCUT2D eigenvalue weighted by molar-refractivity contribution is 7.89. The molecule has 1 atom stereocenters. The van der Waals surface area contributed by atoms with Crippen LogP contribution in [0, 0.1) is 13.8 Å². The van der Waals surface area contributed by atoms with E-state index < -0.39 is 22.0 Å². The number of aromatic amines is 1. The van der Waals surface area contributed by atoms with Gasteiger partial charge < -0.3 is 10.4 Å². The van der Waals surface area contributed by atoms with Crippen molar-refractivity contribution in [1.29, 1.82) is 0 Å². The Kier molecular flexibility index (Phi) is 3.61. The molecule has 1 aliphatic rings. The maximum atomic E-state index is 12.6. The average Bonchev–Trinajstić information content (AvgIpc) is 2.69. The molecular weight excluding hydrogens is 272 g/mol. The van der Waals surface area contributed by atoms with Crippen LogP contribution in [0.3, 0.4) is 0 Å². The minimum absolute atomic E-state index is 0.0700. The van der Waals surface area contributed by atoms with Crippen molar-refractivity contribution in [3.63, 3.8) is 0 Å². The molecule has 0 bridgehead atoms. The van der Waals surface area contributed by atoms with Gasteiger partial charge >= 0.3 is 5.97 Å². The van der Waals surface area contributed by atoms with E-state index in [1.807, 2.05) is 0 Å². The van der Waals surface area contributed by atoms with Crippen LogP contribution in [0.2, 0.25) is 0 Å². The summed E-state index contributed by atoms with van der Waals surface area (Å²) >= 11 is 0. The first-order chi connectivity index (χ1) is 8.85. The Bertz CT molecular complexity index is 575. The van der Waals surface area contributed by atoms with Crippen molar-refractivity contribution >= 4 is 16.0 Å². The third-order valence-electron chi connectivity index (χ3n) is 3.11. The zero-order valence-corrected chi connectivity index (χ0v) is 11.5. The molecule has 2 heterocycles. The number of rotatable bonds is 3. The third kappa shape index (κ3) is 2.36. The Morgan fingerprint density at radius 2 is 2.16 bits per heavy atom. The molecule has 1 aliphatic heterocycles. The summed E-state index contributed by atoms with van der Waals surface area (Å²) in [4.78, 5) is 11.3. The number of piperazine rings is 1. The number of carbonyl (C=O) groups is 1. The number of aryl methyl sites for hydroxylation is 2. The van der Waals surface area contributed by atoms with Crippen LogP contribution >= 0.6 is 0 Å². The zero-order chi connectivity index (χ0) is 14.2. The zero-order valence-electron chi connectivity index (χ0n) is 10.7. The van der Waals surface area contributed by atoms with Crippen LogP contribution < -0.4 is 5.32 Å². The lowest BCUT2D eigenvalue weighted by molar-refractivity contribution is -0.141. The third-order valence-corrected chi connectivity index (χ3v) is 5.28. The van der Waals surface area contributed by atoms with Gasteiger partial charge in [-0.1, -0.05) is 0 Å². The molecule has 1 unspecified atom stereocenters. The van der Waals surface area contributed by atoms with Crippen molar-refractivity contribution in [2.24, 2.45) is 0 Å². The molecule has 0 spiro atoms. The number of sulfonamides is 1. The van der Waals surface area contributed by atoms with Gasteiger partial charge in [-0.05, 0) is 13.8 Å². The van der Waals surface area contributed by atoms with Crippen LogP contribution in [0.5, 0.6) is 0 Å². The molecule has 1 aromatic rings. The molecule has 0 aromatic carbocycles. The molecule has 0 radical (unpaired) electrons. The normalized spacial score (nSPS) is 21.5. The van der Waals surface area contributed by atoms with Gasteiger partial charge in [-0.15, -0.1) is 0 Å². The molecule has 0 amide bonds. The fourth-order valence-electron chi connectivity index (χ4n) is 2.22. The molecule has 0 aliphatic carbocycles. The van der Waals surface area contributed by atoms with Crippen molar-refractivity contribution in [2.75, 3.05) is 19.6 Å². The van der Waals surface area contributed by atoms with E-state index in [1.165, 1.54) is 0 Å². The van der Waals surface area contributed by atoms with Crippen molar-refractivity contribution in [3.8, 4) is 0 Å². The highest BCUT2D eigenvalue weighted by atomic mass is 32.2. The van der Waals surface area contributed by atoms with Gasteiger partial charge in [-0.2, -0.15) is 9.40 Å². The van der Waals surface area contributed by atoms with E-state index in [0.717, 1.165) is 4.31 Å². The van der Waals surface area contributed by atoms with Crippen LogP contribution in [0.4, 0.5) is 0 Å². The van der Waals surface area contributed by atoms with Gasteiger partial charge in [0.25, 0.3) is 0 Å². The molecular formula is C10H16N4O4S. The molecule has 1 fully saturated rings. The molecule has 106 valence electrons. The van der Waals surface area contributed by atoms with Crippen LogP contribution in [0.25, 0.3) is 0 Å². The Morgan fingerprint density at radius 3 is 2.68 bits per heavy atom. The van der Waals surface area contributed by atoms with Gasteiger partial charge in [0, 0.05) is 19.6 Å². The van der Waals surface area contributed by atoms with Gasteiger partial charge in [0.15, 0.2) is 0 Å². The predicted octanol–water partition coefficient (Wildman–Crippen LogP) is -0.926. The molecule has 1 aromatic heterocycles. The lowest BCUT2D eigenvalue weighted by atomic mass is 10.2. The van der Waals surface area contributed by atoms with E-state index in [-0.39, 0.29) is 18.0 Å². The Balaban J connectivity index is 2.46. The van der Waals surface area contributed by atoms with Crippen molar-refractivity contribution in [1.82, 2.24) is 19.8 Å². The maximum absolute atomic E-state index is 12.6. The molecule has 19 heavy (non-hydrogen) atoms. The number of H-pyrrole nitrogens is 1. The van der Waals surface area contributed by atoms with Crippen LogP contribution in [0.1, 0.15) is 11.4 Å². The first-order valence-electron chi connectivity index (χ1n) is 5.82. The lowest BCUT2D eigenvalue weighted by Gasteiger charge is -2.32. The smallest absolute Gasteiger partial charge is 0.323 e. The van der Waals surface area contributed by atoms with E-state index in [9.17, 15) is 13.2 Å². The number of nitrogens with zero attached hydrogens (tertiary/aromatic N) is 2. The second-order valence-corrected chi connectivity index (χ2v) is 6.26. The van der Waals surface area contributed by atoms with Gasteiger partial charge in [0.05, 0.1) is 11.4 Å². The fraction of sp³-hybridized carbons (Fsp3) is 0.600. The molecule has 1 saturated heterocycles. The highest BCUT2D eigenvalue weighted by Crippen LogP contribution is 2.24. The van der Waals surface area contributed by atoms with E-state index in [0.29, 0.717) is 17.9 Å². The minimum atomic E-state index is -3.86. The number of aromatic nitrogens is 2. The summed E-state index contributed by atoms with van der Waals surface area (Å²) in [6.45, 7) is 3.84. The molecule has 9 heteroatoms. The largest absolute Gasteiger partial charge is 0.480 e. The summed E-state index contributed by atoms with van der Waals surface area (Å²) in [6, 6.07) is -1.09. The van der Waals surface area contributed by atoms with E-state index in [1.54, 1.807) is 13.8 Å². The summed E-state index contributed by atoms with van der Waals surface area (Å²) in [6.07, 6.45) is 0. The number of hydrogen-bond donors (Lipinski definition) is 3. The second kappa shape index (κ2) is 4.91. The van der Waals surface area contributed by atoms with Crippen molar-refractivity contribution in [2.45, 2.75) is 24.8 Å². The molecule has 2 rings (SSSR count). The predicted molar refractivity (Wildman–Crippen MR) is 66.2 cm³/mol. The van der Waals surface area contributed by atoms with E-state index in [4.69, 9.17) is 5.11 Å². The lowest BCUT2D eigenvalue weighted by Crippen LogP contribution is -2.56. The molecule has 0 saturated carbocycles. The first-order valence-corrected chi connectivity index (χ1v) is 7.26. The van der Waals surface area contributed by atoms with Crippen LogP contribution in [-0.2, 0) is 14.8 Å². The van der Waals surface area contributed by atoms with Crippen molar-refractivity contribution < 1.29 is 18.3 Å². The van der Waals surface area contributed by atoms with Gasteiger partial charge in [0.1, 0.15) is 10.9 Å². The molecule has 3 N–H and O–H groups in total. The monoisotopic (exact) mass is 288 g/mol. The summed E-state index contributed by atoms with van der Waals surface area (Å²) in [7, 11) is -3.86. The summed E-state index contributed by atoms with van der Waals surface area (Å²) < 4.78 is 26.2. The average molecular weight is 288 g/mol. The Hall–Kier alpha value is -1.45. The van der Waals surface area contributed by atoms with Gasteiger partial charge in [0.2, 0.25) is 10.0 Å². The summed E-state index contributed by atoms with van der Waals surface area (Å²) in [5.41, 5.74) is 0.764. The van der Waals surface area contributed by atoms with Gasteiger partial charge in [-0.3, -0.25) is 9.89 Å². The van der Waals surface area contributed by atoms with Crippen molar-refractivity contribution in [3.05, 3.63) is 11.4 Å². The maximum Gasteiger partial charge on any atom is 0.323 e. The Morgan fingerprint density at radius 1 is 1.47 bits per heavy atom.